The molecule has 0 fully saturated rings. The summed E-state index contributed by atoms with van der Waals surface area (Å²) in [6.45, 7) is 3.29. The molecule has 0 aromatic heterocycles. The molecule has 0 aliphatic carbocycles. The SMILES string of the molecule is CC(C)(O)C#Cc1cccc(Cl)c1. The molecule has 0 unspecified atom stereocenters. The molecule has 0 atom stereocenters. The molecule has 0 saturated carbocycles. The van der Waals surface area contributed by atoms with Gasteiger partial charge in [0.1, 0.15) is 5.60 Å². The second-order valence-corrected chi connectivity index (χ2v) is 3.76. The summed E-state index contributed by atoms with van der Waals surface area (Å²) in [4.78, 5) is 0. The number of rotatable bonds is 0. The van der Waals surface area contributed by atoms with E-state index in [2.05, 4.69) is 11.8 Å². The lowest BCUT2D eigenvalue weighted by Gasteiger charge is -2.05. The molecule has 0 bridgehead atoms. The van der Waals surface area contributed by atoms with Gasteiger partial charge in [-0.3, -0.25) is 0 Å². The van der Waals surface area contributed by atoms with Crippen molar-refractivity contribution in [1.82, 2.24) is 0 Å². The summed E-state index contributed by atoms with van der Waals surface area (Å²) in [5, 5.41) is 10.00. The summed E-state index contributed by atoms with van der Waals surface area (Å²) in [5.41, 5.74) is -0.142. The highest BCUT2D eigenvalue weighted by molar-refractivity contribution is 6.30. The number of aliphatic hydroxyl groups is 1. The highest BCUT2D eigenvalue weighted by atomic mass is 35.5. The van der Waals surface area contributed by atoms with Gasteiger partial charge in [-0.2, -0.15) is 0 Å². The molecule has 1 aromatic rings. The van der Waals surface area contributed by atoms with Gasteiger partial charge in [-0.1, -0.05) is 29.5 Å². The molecule has 0 amide bonds. The van der Waals surface area contributed by atoms with Crippen molar-refractivity contribution in [2.45, 2.75) is 19.4 Å². The lowest BCUT2D eigenvalue weighted by Crippen LogP contribution is -2.14. The van der Waals surface area contributed by atoms with Gasteiger partial charge in [0, 0.05) is 10.6 Å². The topological polar surface area (TPSA) is 20.2 Å². The van der Waals surface area contributed by atoms with Gasteiger partial charge < -0.3 is 5.11 Å². The normalized spacial score (nSPS) is 10.5. The Kier molecular flexibility index (Phi) is 2.98. The zero-order valence-electron chi connectivity index (χ0n) is 7.63. The highest BCUT2D eigenvalue weighted by Crippen LogP contribution is 2.09. The van der Waals surface area contributed by atoms with Crippen molar-refractivity contribution in [2.24, 2.45) is 0 Å². The van der Waals surface area contributed by atoms with E-state index in [1.54, 1.807) is 26.0 Å². The molecule has 13 heavy (non-hydrogen) atoms. The highest BCUT2D eigenvalue weighted by Gasteiger charge is 2.05. The van der Waals surface area contributed by atoms with Crippen LogP contribution in [0.5, 0.6) is 0 Å². The van der Waals surface area contributed by atoms with Crippen molar-refractivity contribution in [2.75, 3.05) is 0 Å². The Morgan fingerprint density at radius 3 is 2.62 bits per heavy atom. The molecule has 0 aliphatic heterocycles. The van der Waals surface area contributed by atoms with Gasteiger partial charge in [0.05, 0.1) is 0 Å². The molecule has 0 spiro atoms. The van der Waals surface area contributed by atoms with Crippen molar-refractivity contribution in [1.29, 1.82) is 0 Å². The Hall–Kier alpha value is -0.970. The standard InChI is InChI=1S/C11H11ClO/c1-11(2,13)7-6-9-4-3-5-10(12)8-9/h3-5,8,13H,1-2H3. The van der Waals surface area contributed by atoms with E-state index in [9.17, 15) is 5.11 Å². The van der Waals surface area contributed by atoms with Gasteiger partial charge in [-0.05, 0) is 32.0 Å². The van der Waals surface area contributed by atoms with E-state index < -0.39 is 5.60 Å². The van der Waals surface area contributed by atoms with Crippen LogP contribution >= 0.6 is 11.6 Å². The maximum atomic E-state index is 9.34. The predicted octanol–water partition coefficient (Wildman–Crippen LogP) is 2.46. The first-order valence-electron chi connectivity index (χ1n) is 3.98. The van der Waals surface area contributed by atoms with Crippen LogP contribution in [0.25, 0.3) is 0 Å². The van der Waals surface area contributed by atoms with Crippen molar-refractivity contribution in [3.05, 3.63) is 34.9 Å². The molecule has 2 heteroatoms. The fraction of sp³-hybridized carbons (Fsp3) is 0.273. The molecule has 0 saturated heterocycles. The third kappa shape index (κ3) is 3.98. The van der Waals surface area contributed by atoms with E-state index >= 15 is 0 Å². The van der Waals surface area contributed by atoms with Gasteiger partial charge >= 0.3 is 0 Å². The monoisotopic (exact) mass is 194 g/mol. The molecule has 0 aliphatic rings. The summed E-state index contributed by atoms with van der Waals surface area (Å²) in [6.07, 6.45) is 0. The molecular formula is C11H11ClO. The number of benzene rings is 1. The number of halogens is 1. The fourth-order valence-electron chi connectivity index (χ4n) is 0.791. The Labute approximate surface area is 83.4 Å². The van der Waals surface area contributed by atoms with Crippen LogP contribution in [0.3, 0.4) is 0 Å². The van der Waals surface area contributed by atoms with Crippen LogP contribution in [0.2, 0.25) is 5.02 Å². The summed E-state index contributed by atoms with van der Waals surface area (Å²) in [5.74, 6) is 5.55. The van der Waals surface area contributed by atoms with Crippen LogP contribution in [0.4, 0.5) is 0 Å². The van der Waals surface area contributed by atoms with Gasteiger partial charge in [-0.25, -0.2) is 0 Å². The van der Waals surface area contributed by atoms with Gasteiger partial charge in [-0.15, -0.1) is 0 Å². The third-order valence-corrected chi connectivity index (χ3v) is 1.57. The van der Waals surface area contributed by atoms with Crippen LogP contribution in [-0.4, -0.2) is 10.7 Å². The Balaban J connectivity index is 2.90. The molecule has 0 radical (unpaired) electrons. The first-order chi connectivity index (χ1) is 5.97. The van der Waals surface area contributed by atoms with Gasteiger partial charge in [0.2, 0.25) is 0 Å². The smallest absolute Gasteiger partial charge is 0.120 e. The molecular weight excluding hydrogens is 184 g/mol. The lowest BCUT2D eigenvalue weighted by atomic mass is 10.1. The second kappa shape index (κ2) is 3.83. The average molecular weight is 195 g/mol. The first kappa shape index (κ1) is 10.1. The van der Waals surface area contributed by atoms with Crippen LogP contribution in [0.1, 0.15) is 19.4 Å². The van der Waals surface area contributed by atoms with Gasteiger partial charge in [0.15, 0.2) is 0 Å². The van der Waals surface area contributed by atoms with Crippen molar-refractivity contribution < 1.29 is 5.11 Å². The van der Waals surface area contributed by atoms with E-state index in [0.717, 1.165) is 5.56 Å². The minimum atomic E-state index is -0.956. The molecule has 1 rings (SSSR count). The average Bonchev–Trinajstić information content (AvgIpc) is 2.00. The van der Waals surface area contributed by atoms with Gasteiger partial charge in [0.25, 0.3) is 0 Å². The minimum absolute atomic E-state index is 0.655. The third-order valence-electron chi connectivity index (χ3n) is 1.34. The molecule has 1 N–H and O–H groups in total. The molecule has 1 nitrogen and oxygen atoms in total. The van der Waals surface area contributed by atoms with E-state index in [-0.39, 0.29) is 0 Å². The van der Waals surface area contributed by atoms with Crippen molar-refractivity contribution >= 4 is 11.6 Å². The summed E-state index contributed by atoms with van der Waals surface area (Å²) in [6, 6.07) is 7.23. The van der Waals surface area contributed by atoms with Crippen LogP contribution < -0.4 is 0 Å². The molecule has 0 heterocycles. The Morgan fingerprint density at radius 1 is 1.38 bits per heavy atom. The Morgan fingerprint density at radius 2 is 2.08 bits per heavy atom. The molecule has 1 aromatic carbocycles. The summed E-state index contributed by atoms with van der Waals surface area (Å²) < 4.78 is 0. The van der Waals surface area contributed by atoms with E-state index in [0.29, 0.717) is 5.02 Å². The van der Waals surface area contributed by atoms with E-state index in [4.69, 9.17) is 11.6 Å². The summed E-state index contributed by atoms with van der Waals surface area (Å²) in [7, 11) is 0. The second-order valence-electron chi connectivity index (χ2n) is 3.32. The van der Waals surface area contributed by atoms with Crippen LogP contribution in [0.15, 0.2) is 24.3 Å². The number of hydrogen-bond donors (Lipinski definition) is 1. The zero-order chi connectivity index (χ0) is 9.90. The largest absolute Gasteiger partial charge is 0.378 e. The maximum absolute atomic E-state index is 9.34. The Bertz CT molecular complexity index is 352. The summed E-state index contributed by atoms with van der Waals surface area (Å²) >= 11 is 5.76. The fourth-order valence-corrected chi connectivity index (χ4v) is 0.982. The minimum Gasteiger partial charge on any atom is -0.378 e. The number of hydrogen-bond acceptors (Lipinski definition) is 1. The lowest BCUT2D eigenvalue weighted by molar-refractivity contribution is 0.143. The van der Waals surface area contributed by atoms with Crippen LogP contribution in [-0.2, 0) is 0 Å². The first-order valence-corrected chi connectivity index (χ1v) is 4.36. The van der Waals surface area contributed by atoms with E-state index in [1.165, 1.54) is 0 Å². The van der Waals surface area contributed by atoms with Crippen molar-refractivity contribution in [3.8, 4) is 11.8 Å². The maximum Gasteiger partial charge on any atom is 0.120 e. The predicted molar refractivity (Wildman–Crippen MR) is 54.6 cm³/mol. The van der Waals surface area contributed by atoms with Crippen molar-refractivity contribution in [3.63, 3.8) is 0 Å². The van der Waals surface area contributed by atoms with Crippen LogP contribution in [0, 0.1) is 11.8 Å². The quantitative estimate of drug-likeness (QED) is 0.630. The van der Waals surface area contributed by atoms with E-state index in [1.807, 2.05) is 12.1 Å². The zero-order valence-corrected chi connectivity index (χ0v) is 8.39. The molecule has 68 valence electrons.